The summed E-state index contributed by atoms with van der Waals surface area (Å²) < 4.78 is 17.9. The Morgan fingerprint density at radius 3 is 3.00 bits per heavy atom. The zero-order valence-corrected chi connectivity index (χ0v) is 11.3. The van der Waals surface area contributed by atoms with Crippen LogP contribution in [-0.4, -0.2) is 26.5 Å². The van der Waals surface area contributed by atoms with Gasteiger partial charge in [0.2, 0.25) is 6.79 Å². The number of hydrogen-bond acceptors (Lipinski definition) is 6. The molecular formula is C14H12N4O3. The smallest absolute Gasteiger partial charge is 0.258 e. The van der Waals surface area contributed by atoms with E-state index in [-0.39, 0.29) is 6.79 Å². The van der Waals surface area contributed by atoms with E-state index in [1.165, 1.54) is 0 Å². The molecule has 0 amide bonds. The lowest BCUT2D eigenvalue weighted by molar-refractivity contribution is 0.174. The van der Waals surface area contributed by atoms with Gasteiger partial charge < -0.3 is 18.6 Å². The predicted octanol–water partition coefficient (Wildman–Crippen LogP) is 2.02. The van der Waals surface area contributed by atoms with E-state index in [9.17, 15) is 0 Å². The van der Waals surface area contributed by atoms with Gasteiger partial charge in [-0.2, -0.15) is 4.98 Å². The third kappa shape index (κ3) is 2.12. The molecule has 0 radical (unpaired) electrons. The Bertz CT molecular complexity index is 793. The molecule has 0 unspecified atom stereocenters. The summed E-state index contributed by atoms with van der Waals surface area (Å²) in [5.41, 5.74) is 0.806. The molecule has 21 heavy (non-hydrogen) atoms. The first-order valence-corrected chi connectivity index (χ1v) is 6.50. The molecule has 0 fully saturated rings. The highest BCUT2D eigenvalue weighted by molar-refractivity contribution is 5.60. The van der Waals surface area contributed by atoms with Crippen molar-refractivity contribution in [1.29, 1.82) is 0 Å². The zero-order valence-electron chi connectivity index (χ0n) is 11.3. The van der Waals surface area contributed by atoms with Crippen molar-refractivity contribution in [1.82, 2.24) is 19.7 Å². The van der Waals surface area contributed by atoms with E-state index in [4.69, 9.17) is 14.0 Å². The lowest BCUT2D eigenvalue weighted by Crippen LogP contribution is -2.02. The van der Waals surface area contributed by atoms with Crippen LogP contribution in [0.15, 0.2) is 35.1 Å². The van der Waals surface area contributed by atoms with Crippen LogP contribution in [0.3, 0.4) is 0 Å². The second-order valence-corrected chi connectivity index (χ2v) is 4.69. The molecule has 7 heteroatoms. The molecule has 0 saturated carbocycles. The van der Waals surface area contributed by atoms with Crippen LogP contribution in [0.5, 0.6) is 11.5 Å². The van der Waals surface area contributed by atoms with Gasteiger partial charge >= 0.3 is 0 Å². The van der Waals surface area contributed by atoms with Crippen molar-refractivity contribution in [3.8, 4) is 23.0 Å². The lowest BCUT2D eigenvalue weighted by Gasteiger charge is -1.99. The molecule has 3 aromatic rings. The summed E-state index contributed by atoms with van der Waals surface area (Å²) in [6.45, 7) is 2.70. The first-order valence-electron chi connectivity index (χ1n) is 6.50. The van der Waals surface area contributed by atoms with Gasteiger partial charge in [-0.15, -0.1) is 0 Å². The van der Waals surface area contributed by atoms with Gasteiger partial charge in [-0.05, 0) is 25.1 Å². The Morgan fingerprint density at radius 2 is 2.14 bits per heavy atom. The average molecular weight is 284 g/mol. The van der Waals surface area contributed by atoms with Gasteiger partial charge in [0.1, 0.15) is 5.82 Å². The first kappa shape index (κ1) is 12.0. The molecule has 1 aromatic carbocycles. The number of imidazole rings is 1. The Morgan fingerprint density at radius 1 is 1.24 bits per heavy atom. The summed E-state index contributed by atoms with van der Waals surface area (Å²) in [6.07, 6.45) is 3.63. The zero-order chi connectivity index (χ0) is 14.2. The fourth-order valence-corrected chi connectivity index (χ4v) is 2.19. The van der Waals surface area contributed by atoms with E-state index in [2.05, 4.69) is 15.1 Å². The SMILES string of the molecule is Cc1nccn1Cc1noc(-c2ccc3c(c2)OCO3)n1. The van der Waals surface area contributed by atoms with Gasteiger partial charge in [0.15, 0.2) is 17.3 Å². The molecule has 0 saturated heterocycles. The van der Waals surface area contributed by atoms with Gasteiger partial charge in [0.05, 0.1) is 6.54 Å². The number of aromatic nitrogens is 4. The third-order valence-corrected chi connectivity index (χ3v) is 3.32. The quantitative estimate of drug-likeness (QED) is 0.732. The van der Waals surface area contributed by atoms with Crippen LogP contribution in [-0.2, 0) is 6.54 Å². The minimum absolute atomic E-state index is 0.244. The molecule has 0 bridgehead atoms. The minimum Gasteiger partial charge on any atom is -0.454 e. The highest BCUT2D eigenvalue weighted by Crippen LogP contribution is 2.35. The summed E-state index contributed by atoms with van der Waals surface area (Å²) in [7, 11) is 0. The largest absolute Gasteiger partial charge is 0.454 e. The number of hydrogen-bond donors (Lipinski definition) is 0. The molecule has 0 atom stereocenters. The van der Waals surface area contributed by atoms with Gasteiger partial charge in [0.25, 0.3) is 5.89 Å². The molecular weight excluding hydrogens is 272 g/mol. The number of nitrogens with zero attached hydrogens (tertiary/aromatic N) is 4. The van der Waals surface area contributed by atoms with Crippen molar-refractivity contribution >= 4 is 0 Å². The topological polar surface area (TPSA) is 75.2 Å². The number of benzene rings is 1. The van der Waals surface area contributed by atoms with Gasteiger partial charge in [-0.3, -0.25) is 0 Å². The Labute approximate surface area is 120 Å². The van der Waals surface area contributed by atoms with Crippen LogP contribution in [0.1, 0.15) is 11.6 Å². The van der Waals surface area contributed by atoms with Gasteiger partial charge in [-0.25, -0.2) is 4.98 Å². The van der Waals surface area contributed by atoms with E-state index in [1.807, 2.05) is 35.9 Å². The molecule has 0 N–H and O–H groups in total. The maximum Gasteiger partial charge on any atom is 0.258 e. The Kier molecular flexibility index (Phi) is 2.63. The maximum absolute atomic E-state index is 5.34. The number of aryl methyl sites for hydroxylation is 1. The predicted molar refractivity (Wildman–Crippen MR) is 71.9 cm³/mol. The number of ether oxygens (including phenoxy) is 2. The van der Waals surface area contributed by atoms with E-state index >= 15 is 0 Å². The lowest BCUT2D eigenvalue weighted by atomic mass is 10.2. The molecule has 3 heterocycles. The fraction of sp³-hybridized carbons (Fsp3) is 0.214. The van der Waals surface area contributed by atoms with Crippen molar-refractivity contribution in [2.75, 3.05) is 6.79 Å². The average Bonchev–Trinajstić information content (AvgIpc) is 3.20. The van der Waals surface area contributed by atoms with Crippen LogP contribution >= 0.6 is 0 Å². The van der Waals surface area contributed by atoms with Gasteiger partial charge in [-0.1, -0.05) is 5.16 Å². The maximum atomic E-state index is 5.34. The molecule has 7 nitrogen and oxygen atoms in total. The van der Waals surface area contributed by atoms with Crippen molar-refractivity contribution in [2.24, 2.45) is 0 Å². The van der Waals surface area contributed by atoms with Crippen molar-refractivity contribution in [2.45, 2.75) is 13.5 Å². The summed E-state index contributed by atoms with van der Waals surface area (Å²) in [6, 6.07) is 5.54. The van der Waals surface area contributed by atoms with E-state index in [0.29, 0.717) is 24.0 Å². The molecule has 0 aliphatic carbocycles. The number of fused-ring (bicyclic) bond motifs is 1. The van der Waals surface area contributed by atoms with Crippen LogP contribution in [0.4, 0.5) is 0 Å². The molecule has 106 valence electrons. The summed E-state index contributed by atoms with van der Waals surface area (Å²) in [5.74, 6) is 3.39. The van der Waals surface area contributed by atoms with Crippen LogP contribution in [0.2, 0.25) is 0 Å². The Balaban J connectivity index is 1.61. The van der Waals surface area contributed by atoms with E-state index < -0.39 is 0 Å². The highest BCUT2D eigenvalue weighted by atomic mass is 16.7. The Hall–Kier alpha value is -2.83. The number of rotatable bonds is 3. The second kappa shape index (κ2) is 4.62. The minimum atomic E-state index is 0.244. The molecule has 2 aromatic heterocycles. The standard InChI is InChI=1S/C14H12N4O3/c1-9-15-4-5-18(9)7-13-16-14(21-17-13)10-2-3-11-12(6-10)20-8-19-11/h2-6H,7-8H2,1H3. The molecule has 4 rings (SSSR count). The van der Waals surface area contributed by atoms with Crippen LogP contribution in [0.25, 0.3) is 11.5 Å². The van der Waals surface area contributed by atoms with E-state index in [0.717, 1.165) is 17.1 Å². The van der Waals surface area contributed by atoms with Gasteiger partial charge in [0, 0.05) is 18.0 Å². The van der Waals surface area contributed by atoms with Crippen molar-refractivity contribution in [3.05, 3.63) is 42.2 Å². The first-order chi connectivity index (χ1) is 10.3. The monoisotopic (exact) mass is 284 g/mol. The molecule has 1 aliphatic heterocycles. The highest BCUT2D eigenvalue weighted by Gasteiger charge is 2.17. The molecule has 0 spiro atoms. The van der Waals surface area contributed by atoms with Crippen molar-refractivity contribution in [3.63, 3.8) is 0 Å². The second-order valence-electron chi connectivity index (χ2n) is 4.69. The normalized spacial score (nSPS) is 12.8. The third-order valence-electron chi connectivity index (χ3n) is 3.32. The summed E-state index contributed by atoms with van der Waals surface area (Å²) in [5, 5.41) is 4.00. The van der Waals surface area contributed by atoms with Crippen LogP contribution < -0.4 is 9.47 Å². The van der Waals surface area contributed by atoms with Crippen molar-refractivity contribution < 1.29 is 14.0 Å². The summed E-state index contributed by atoms with van der Waals surface area (Å²) in [4.78, 5) is 8.56. The fourth-order valence-electron chi connectivity index (χ4n) is 2.19. The van der Waals surface area contributed by atoms with Crippen LogP contribution in [0, 0.1) is 6.92 Å². The van der Waals surface area contributed by atoms with E-state index in [1.54, 1.807) is 6.20 Å². The summed E-state index contributed by atoms with van der Waals surface area (Å²) >= 11 is 0. The molecule has 1 aliphatic rings.